The number of nitrogens with zero attached hydrogens (tertiary/aromatic N) is 1. The number of thioether (sulfide) groups is 1. The number of phenolic OH excluding ortho intramolecular Hbond substituents is 1. The Kier molecular flexibility index (Phi) is 5.08. The average molecular weight is 393 g/mol. The van der Waals surface area contributed by atoms with Crippen molar-refractivity contribution in [1.82, 2.24) is 5.32 Å². The molecule has 25 heavy (non-hydrogen) atoms. The number of benzene rings is 2. The number of hydrogen-bond acceptors (Lipinski definition) is 4. The van der Waals surface area contributed by atoms with Crippen LogP contribution in [0.2, 0.25) is 10.0 Å². The zero-order valence-corrected chi connectivity index (χ0v) is 15.8. The van der Waals surface area contributed by atoms with Crippen LogP contribution in [0, 0.1) is 13.8 Å². The maximum absolute atomic E-state index is 12.2. The van der Waals surface area contributed by atoms with Crippen molar-refractivity contribution in [3.63, 3.8) is 0 Å². The minimum Gasteiger partial charge on any atom is -0.507 e. The number of amides is 1. The van der Waals surface area contributed by atoms with Gasteiger partial charge in [0.1, 0.15) is 5.75 Å². The van der Waals surface area contributed by atoms with Crippen molar-refractivity contribution in [2.75, 3.05) is 0 Å². The number of nitrogens with one attached hydrogen (secondary N) is 1. The molecule has 0 spiro atoms. The van der Waals surface area contributed by atoms with Gasteiger partial charge in [-0.3, -0.25) is 4.79 Å². The number of aromatic hydroxyl groups is 1. The molecule has 2 aromatic carbocycles. The van der Waals surface area contributed by atoms with Crippen LogP contribution in [0.3, 0.4) is 0 Å². The van der Waals surface area contributed by atoms with Crippen LogP contribution in [-0.4, -0.2) is 16.2 Å². The summed E-state index contributed by atoms with van der Waals surface area (Å²) >= 11 is 13.1. The minimum atomic E-state index is -0.216. The first-order chi connectivity index (χ1) is 11.8. The summed E-state index contributed by atoms with van der Waals surface area (Å²) in [5.74, 6) is 0.0553. The highest BCUT2D eigenvalue weighted by Crippen LogP contribution is 2.32. The lowest BCUT2D eigenvalue weighted by Gasteiger charge is -2.05. The second-order valence-electron chi connectivity index (χ2n) is 5.58. The lowest BCUT2D eigenvalue weighted by Crippen LogP contribution is -2.19. The third kappa shape index (κ3) is 4.00. The number of rotatable bonds is 2. The largest absolute Gasteiger partial charge is 0.507 e. The molecule has 0 unspecified atom stereocenters. The number of aryl methyl sites for hydroxylation is 2. The lowest BCUT2D eigenvalue weighted by atomic mass is 10.1. The van der Waals surface area contributed by atoms with Crippen LogP contribution in [0.5, 0.6) is 5.75 Å². The Morgan fingerprint density at radius 1 is 1.12 bits per heavy atom. The molecule has 1 aliphatic rings. The zero-order valence-electron chi connectivity index (χ0n) is 13.4. The maximum atomic E-state index is 12.2. The van der Waals surface area contributed by atoms with Crippen LogP contribution in [-0.2, 0) is 4.79 Å². The summed E-state index contributed by atoms with van der Waals surface area (Å²) < 4.78 is 0. The second-order valence-corrected chi connectivity index (χ2v) is 7.43. The summed E-state index contributed by atoms with van der Waals surface area (Å²) in [4.78, 5) is 17.1. The highest BCUT2D eigenvalue weighted by molar-refractivity contribution is 8.18. The molecule has 2 aromatic rings. The smallest absolute Gasteiger partial charge is 0.264 e. The van der Waals surface area contributed by atoms with Gasteiger partial charge >= 0.3 is 0 Å². The highest BCUT2D eigenvalue weighted by atomic mass is 35.5. The molecule has 7 heteroatoms. The van der Waals surface area contributed by atoms with Gasteiger partial charge in [-0.15, -0.1) is 0 Å². The van der Waals surface area contributed by atoms with E-state index in [2.05, 4.69) is 10.3 Å². The van der Waals surface area contributed by atoms with E-state index in [0.29, 0.717) is 25.8 Å². The summed E-state index contributed by atoms with van der Waals surface area (Å²) in [5, 5.41) is 13.9. The molecule has 1 aliphatic heterocycles. The van der Waals surface area contributed by atoms with E-state index >= 15 is 0 Å². The van der Waals surface area contributed by atoms with Crippen molar-refractivity contribution in [2.45, 2.75) is 13.8 Å². The van der Waals surface area contributed by atoms with E-state index in [1.54, 1.807) is 24.3 Å². The van der Waals surface area contributed by atoms with Gasteiger partial charge < -0.3 is 10.4 Å². The van der Waals surface area contributed by atoms with Crippen molar-refractivity contribution < 1.29 is 9.90 Å². The van der Waals surface area contributed by atoms with E-state index in [1.165, 1.54) is 11.8 Å². The van der Waals surface area contributed by atoms with Gasteiger partial charge in [0.25, 0.3) is 5.91 Å². The Balaban J connectivity index is 1.87. The fourth-order valence-electron chi connectivity index (χ4n) is 2.38. The topological polar surface area (TPSA) is 61.7 Å². The Morgan fingerprint density at radius 2 is 1.80 bits per heavy atom. The zero-order chi connectivity index (χ0) is 18.1. The predicted molar refractivity (Wildman–Crippen MR) is 105 cm³/mol. The normalized spacial score (nSPS) is 17.4. The molecule has 1 fully saturated rings. The van der Waals surface area contributed by atoms with Crippen molar-refractivity contribution in [1.29, 1.82) is 0 Å². The summed E-state index contributed by atoms with van der Waals surface area (Å²) in [5.41, 5.74) is 2.98. The first kappa shape index (κ1) is 17.9. The van der Waals surface area contributed by atoms with Gasteiger partial charge in [0.05, 0.1) is 20.6 Å². The van der Waals surface area contributed by atoms with Gasteiger partial charge in [0.2, 0.25) is 0 Å². The van der Waals surface area contributed by atoms with Crippen LogP contribution in [0.1, 0.15) is 16.7 Å². The number of phenols is 1. The molecule has 1 amide bonds. The summed E-state index contributed by atoms with van der Waals surface area (Å²) in [6, 6.07) is 8.68. The van der Waals surface area contributed by atoms with Crippen molar-refractivity contribution in [3.05, 3.63) is 62.0 Å². The standard InChI is InChI=1S/C18H14Cl2N2O2S/c1-9-5-11(6-10(2)16(9)23)7-15-17(24)22-18(25-15)21-12-3-4-13(19)14(20)8-12/h3-8,23H,1-2H3,(H,21,22,24)/b15-7-. The molecule has 2 N–H and O–H groups in total. The fourth-order valence-corrected chi connectivity index (χ4v) is 3.51. The van der Waals surface area contributed by atoms with Gasteiger partial charge in [-0.2, -0.15) is 0 Å². The van der Waals surface area contributed by atoms with Crippen molar-refractivity contribution in [3.8, 4) is 5.75 Å². The van der Waals surface area contributed by atoms with E-state index < -0.39 is 0 Å². The molecule has 3 rings (SSSR count). The Morgan fingerprint density at radius 3 is 2.44 bits per heavy atom. The second kappa shape index (κ2) is 7.12. The third-order valence-electron chi connectivity index (χ3n) is 3.60. The quantitative estimate of drug-likeness (QED) is 0.689. The van der Waals surface area contributed by atoms with Crippen LogP contribution in [0.4, 0.5) is 5.69 Å². The average Bonchev–Trinajstić information content (AvgIpc) is 2.88. The highest BCUT2D eigenvalue weighted by Gasteiger charge is 2.24. The maximum Gasteiger partial charge on any atom is 0.264 e. The SMILES string of the molecule is Cc1cc(/C=C2\SC(=Nc3ccc(Cl)c(Cl)c3)NC2=O)cc(C)c1O. The fraction of sp³-hybridized carbons (Fsp3) is 0.111. The number of hydrogen-bond donors (Lipinski definition) is 2. The van der Waals surface area contributed by atoms with E-state index in [4.69, 9.17) is 23.2 Å². The van der Waals surface area contributed by atoms with E-state index in [0.717, 1.165) is 16.7 Å². The van der Waals surface area contributed by atoms with Gasteiger partial charge in [0, 0.05) is 0 Å². The van der Waals surface area contributed by atoms with Crippen LogP contribution in [0.15, 0.2) is 40.2 Å². The molecule has 0 atom stereocenters. The molecule has 1 heterocycles. The van der Waals surface area contributed by atoms with E-state index in [-0.39, 0.29) is 11.7 Å². The Labute approximate surface area is 159 Å². The summed E-state index contributed by atoms with van der Waals surface area (Å²) in [6.07, 6.45) is 1.77. The molecule has 4 nitrogen and oxygen atoms in total. The number of carbonyl (C=O) groups is 1. The molecule has 1 saturated heterocycles. The molecule has 128 valence electrons. The number of carbonyl (C=O) groups excluding carboxylic acids is 1. The van der Waals surface area contributed by atoms with Gasteiger partial charge in [-0.1, -0.05) is 23.2 Å². The van der Waals surface area contributed by atoms with Gasteiger partial charge in [0.15, 0.2) is 5.17 Å². The van der Waals surface area contributed by atoms with Gasteiger partial charge in [-0.05, 0) is 78.7 Å². The molecule has 0 bridgehead atoms. The monoisotopic (exact) mass is 392 g/mol. The summed E-state index contributed by atoms with van der Waals surface area (Å²) in [7, 11) is 0. The van der Waals surface area contributed by atoms with Crippen LogP contribution in [0.25, 0.3) is 6.08 Å². The van der Waals surface area contributed by atoms with E-state index in [9.17, 15) is 9.90 Å². The Bertz CT molecular complexity index is 916. The minimum absolute atomic E-state index is 0.216. The number of amidine groups is 1. The van der Waals surface area contributed by atoms with Crippen molar-refractivity contribution in [2.24, 2.45) is 4.99 Å². The first-order valence-electron chi connectivity index (χ1n) is 7.38. The number of halogens is 2. The number of aliphatic imine (C=N–C) groups is 1. The van der Waals surface area contributed by atoms with E-state index in [1.807, 2.05) is 26.0 Å². The first-order valence-corrected chi connectivity index (χ1v) is 8.95. The predicted octanol–water partition coefficient (Wildman–Crippen LogP) is 5.21. The lowest BCUT2D eigenvalue weighted by molar-refractivity contribution is -0.115. The van der Waals surface area contributed by atoms with Crippen LogP contribution >= 0.6 is 35.0 Å². The molecule has 0 aromatic heterocycles. The molecule has 0 saturated carbocycles. The molecular weight excluding hydrogens is 379 g/mol. The molecular formula is C18H14Cl2N2O2S. The van der Waals surface area contributed by atoms with Crippen LogP contribution < -0.4 is 5.32 Å². The Hall–Kier alpha value is -1.95. The van der Waals surface area contributed by atoms with Crippen molar-refractivity contribution >= 4 is 57.8 Å². The molecule has 0 radical (unpaired) electrons. The molecule has 0 aliphatic carbocycles. The third-order valence-corrected chi connectivity index (χ3v) is 5.24. The van der Waals surface area contributed by atoms with Gasteiger partial charge in [-0.25, -0.2) is 4.99 Å². The summed E-state index contributed by atoms with van der Waals surface area (Å²) in [6.45, 7) is 3.65.